The van der Waals surface area contributed by atoms with Gasteiger partial charge in [-0.3, -0.25) is 9.69 Å². The van der Waals surface area contributed by atoms with E-state index in [0.717, 1.165) is 19.0 Å². The molecule has 0 N–H and O–H groups in total. The van der Waals surface area contributed by atoms with Crippen LogP contribution in [0.3, 0.4) is 0 Å². The molecule has 1 heterocycles. The van der Waals surface area contributed by atoms with Crippen LogP contribution in [0.2, 0.25) is 0 Å². The molecular weight excluding hydrogens is 361 g/mol. The summed E-state index contributed by atoms with van der Waals surface area (Å²) in [5, 5.41) is 0. The Morgan fingerprint density at radius 1 is 1.23 bits per heavy atom. The molecule has 1 amide bonds. The molecule has 0 spiro atoms. The van der Waals surface area contributed by atoms with Crippen molar-refractivity contribution in [1.82, 2.24) is 14.1 Å². The smallest absolute Gasteiger partial charge is 0.246 e. The van der Waals surface area contributed by atoms with Crippen LogP contribution in [-0.4, -0.2) is 88.5 Å². The number of halogens is 1. The molecule has 1 aromatic rings. The summed E-state index contributed by atoms with van der Waals surface area (Å²) in [6.45, 7) is 2.61. The number of methoxy groups -OCH3 is 1. The number of benzene rings is 1. The number of hydrogen-bond acceptors (Lipinski definition) is 5. The van der Waals surface area contributed by atoms with E-state index in [-0.39, 0.29) is 30.4 Å². The Balaban J connectivity index is 1.88. The highest BCUT2D eigenvalue weighted by molar-refractivity contribution is 7.89. The second kappa shape index (κ2) is 9.40. The van der Waals surface area contributed by atoms with E-state index in [1.54, 1.807) is 12.0 Å². The molecule has 7 nitrogen and oxygen atoms in total. The Morgan fingerprint density at radius 2 is 1.88 bits per heavy atom. The first-order valence-corrected chi connectivity index (χ1v) is 10.00. The molecule has 0 aromatic heterocycles. The van der Waals surface area contributed by atoms with Crippen LogP contribution in [0.25, 0.3) is 0 Å². The molecule has 1 aliphatic rings. The number of sulfonamides is 1. The first-order valence-electron chi connectivity index (χ1n) is 8.56. The quantitative estimate of drug-likeness (QED) is 0.612. The van der Waals surface area contributed by atoms with Gasteiger partial charge in [0.1, 0.15) is 10.7 Å². The molecule has 1 aliphatic heterocycles. The van der Waals surface area contributed by atoms with Gasteiger partial charge in [0.2, 0.25) is 15.9 Å². The number of carbonyl (C=O) groups is 1. The molecule has 0 aliphatic carbocycles. The summed E-state index contributed by atoms with van der Waals surface area (Å²) in [6.07, 6.45) is 0.842. The molecule has 1 saturated heterocycles. The highest BCUT2D eigenvalue weighted by Crippen LogP contribution is 2.20. The van der Waals surface area contributed by atoms with Crippen molar-refractivity contribution in [3.8, 4) is 0 Å². The summed E-state index contributed by atoms with van der Waals surface area (Å²) < 4.78 is 45.2. The van der Waals surface area contributed by atoms with Gasteiger partial charge in [-0.25, -0.2) is 12.8 Å². The molecule has 1 fully saturated rings. The topological polar surface area (TPSA) is 70.2 Å². The molecule has 0 unspecified atom stereocenters. The van der Waals surface area contributed by atoms with Gasteiger partial charge >= 0.3 is 0 Å². The van der Waals surface area contributed by atoms with Gasteiger partial charge in [-0.1, -0.05) is 12.1 Å². The van der Waals surface area contributed by atoms with Crippen molar-refractivity contribution in [2.75, 3.05) is 60.0 Å². The van der Waals surface area contributed by atoms with Crippen LogP contribution in [-0.2, 0) is 19.6 Å². The van der Waals surface area contributed by atoms with Crippen LogP contribution >= 0.6 is 0 Å². The number of nitrogens with zero attached hydrogens (tertiary/aromatic N) is 3. The molecule has 26 heavy (non-hydrogen) atoms. The third kappa shape index (κ3) is 5.23. The largest absolute Gasteiger partial charge is 0.385 e. The lowest BCUT2D eigenvalue weighted by atomic mass is 10.3. The van der Waals surface area contributed by atoms with Gasteiger partial charge in [-0.15, -0.1) is 0 Å². The van der Waals surface area contributed by atoms with E-state index < -0.39 is 15.8 Å². The minimum atomic E-state index is -3.88. The fourth-order valence-corrected chi connectivity index (χ4v) is 4.35. The highest BCUT2D eigenvalue weighted by Gasteiger charge is 2.31. The monoisotopic (exact) mass is 387 g/mol. The average Bonchev–Trinajstić information content (AvgIpc) is 2.62. The average molecular weight is 387 g/mol. The predicted molar refractivity (Wildman–Crippen MR) is 95.7 cm³/mol. The van der Waals surface area contributed by atoms with Gasteiger partial charge in [-0.05, 0) is 25.6 Å². The Kier molecular flexibility index (Phi) is 7.51. The third-order valence-electron chi connectivity index (χ3n) is 4.34. The van der Waals surface area contributed by atoms with Gasteiger partial charge in [0.15, 0.2) is 0 Å². The molecule has 0 bridgehead atoms. The minimum absolute atomic E-state index is 0.0344. The number of rotatable bonds is 8. The van der Waals surface area contributed by atoms with Crippen molar-refractivity contribution in [1.29, 1.82) is 0 Å². The standard InChI is InChI=1S/C17H26FN3O4S/c1-19(8-5-13-25-2)14-17(22)20-9-11-21(12-10-20)26(23,24)16-7-4-3-6-15(16)18/h3-4,6-7H,5,8-14H2,1-2H3. The maximum atomic E-state index is 13.8. The van der Waals surface area contributed by atoms with Gasteiger partial charge in [0.25, 0.3) is 0 Å². The summed E-state index contributed by atoms with van der Waals surface area (Å²) in [4.78, 5) is 15.6. The molecule has 0 saturated carbocycles. The molecule has 1 aromatic carbocycles. The molecule has 9 heteroatoms. The van der Waals surface area contributed by atoms with Crippen molar-refractivity contribution >= 4 is 15.9 Å². The Hall–Kier alpha value is -1.55. The van der Waals surface area contributed by atoms with E-state index in [4.69, 9.17) is 4.74 Å². The normalized spacial score (nSPS) is 16.2. The van der Waals surface area contributed by atoms with Gasteiger partial charge in [0.05, 0.1) is 6.54 Å². The fourth-order valence-electron chi connectivity index (χ4n) is 2.86. The van der Waals surface area contributed by atoms with E-state index in [2.05, 4.69) is 0 Å². The number of likely N-dealkylation sites (N-methyl/N-ethyl adjacent to an activating group) is 1. The van der Waals surface area contributed by atoms with Gasteiger partial charge < -0.3 is 9.64 Å². The van der Waals surface area contributed by atoms with Crippen molar-refractivity contribution in [2.45, 2.75) is 11.3 Å². The second-order valence-corrected chi connectivity index (χ2v) is 8.21. The van der Waals surface area contributed by atoms with E-state index in [9.17, 15) is 17.6 Å². The summed E-state index contributed by atoms with van der Waals surface area (Å²) in [5.41, 5.74) is 0. The number of amides is 1. The van der Waals surface area contributed by atoms with Gasteiger partial charge in [-0.2, -0.15) is 4.31 Å². The van der Waals surface area contributed by atoms with Crippen LogP contribution in [0, 0.1) is 5.82 Å². The second-order valence-electron chi connectivity index (χ2n) is 6.30. The van der Waals surface area contributed by atoms with E-state index in [0.29, 0.717) is 19.7 Å². The number of hydrogen-bond donors (Lipinski definition) is 0. The first-order chi connectivity index (χ1) is 12.4. The first kappa shape index (κ1) is 20.8. The lowest BCUT2D eigenvalue weighted by Crippen LogP contribution is -2.52. The zero-order valence-electron chi connectivity index (χ0n) is 15.2. The van der Waals surface area contributed by atoms with Crippen molar-refractivity contribution < 1.29 is 22.3 Å². The van der Waals surface area contributed by atoms with Crippen molar-refractivity contribution in [2.24, 2.45) is 0 Å². The maximum absolute atomic E-state index is 13.8. The maximum Gasteiger partial charge on any atom is 0.246 e. The Bertz CT molecular complexity index is 706. The van der Waals surface area contributed by atoms with E-state index >= 15 is 0 Å². The number of piperazine rings is 1. The Morgan fingerprint density at radius 3 is 2.50 bits per heavy atom. The van der Waals surface area contributed by atoms with Crippen LogP contribution in [0.1, 0.15) is 6.42 Å². The zero-order valence-corrected chi connectivity index (χ0v) is 16.0. The lowest BCUT2D eigenvalue weighted by Gasteiger charge is -2.34. The number of carbonyl (C=O) groups excluding carboxylic acids is 1. The highest BCUT2D eigenvalue weighted by atomic mass is 32.2. The van der Waals surface area contributed by atoms with E-state index in [1.165, 1.54) is 22.5 Å². The van der Waals surface area contributed by atoms with Crippen LogP contribution in [0.15, 0.2) is 29.2 Å². The van der Waals surface area contributed by atoms with E-state index in [1.807, 2.05) is 11.9 Å². The third-order valence-corrected chi connectivity index (χ3v) is 6.27. The molecular formula is C17H26FN3O4S. The molecule has 2 rings (SSSR count). The Labute approximate surface area is 154 Å². The molecule has 0 radical (unpaired) electrons. The molecule has 146 valence electrons. The summed E-state index contributed by atoms with van der Waals surface area (Å²) in [7, 11) is -0.377. The van der Waals surface area contributed by atoms with Crippen molar-refractivity contribution in [3.05, 3.63) is 30.1 Å². The lowest BCUT2D eigenvalue weighted by molar-refractivity contribution is -0.133. The fraction of sp³-hybridized carbons (Fsp3) is 0.588. The van der Waals surface area contributed by atoms with Crippen LogP contribution in [0.4, 0.5) is 4.39 Å². The SMILES string of the molecule is COCCCN(C)CC(=O)N1CCN(S(=O)(=O)c2ccccc2F)CC1. The summed E-state index contributed by atoms with van der Waals surface area (Å²) >= 11 is 0. The zero-order chi connectivity index (χ0) is 19.2. The van der Waals surface area contributed by atoms with Crippen LogP contribution in [0.5, 0.6) is 0 Å². The summed E-state index contributed by atoms with van der Waals surface area (Å²) in [5.74, 6) is -0.795. The summed E-state index contributed by atoms with van der Waals surface area (Å²) in [6, 6.07) is 5.34. The van der Waals surface area contributed by atoms with Crippen molar-refractivity contribution in [3.63, 3.8) is 0 Å². The number of ether oxygens (including phenoxy) is 1. The minimum Gasteiger partial charge on any atom is -0.385 e. The molecule has 0 atom stereocenters. The predicted octanol–water partition coefficient (Wildman–Crippen LogP) is 0.627. The van der Waals surface area contributed by atoms with Crippen LogP contribution < -0.4 is 0 Å². The van der Waals surface area contributed by atoms with Gasteiger partial charge in [0, 0.05) is 46.4 Å².